The molecule has 39 heavy (non-hydrogen) atoms. The molecular formula is C31H47Cl6NO. The average Bonchev–Trinajstić information content (AvgIpc) is 3.16. The maximum atomic E-state index is 12.8. The molecule has 8 heteroatoms. The number of nitrogens with zero attached hydrogens (tertiary/aromatic N) is 1. The second-order valence-corrected chi connectivity index (χ2v) is 16.2. The fourth-order valence-electron chi connectivity index (χ4n) is 7.98. The Balaban J connectivity index is 1.23. The fourth-order valence-corrected chi connectivity index (χ4v) is 11.1. The second-order valence-electron chi connectivity index (χ2n) is 12.9. The van der Waals surface area contributed by atoms with Crippen LogP contribution in [0.1, 0.15) is 122 Å². The van der Waals surface area contributed by atoms with Crippen molar-refractivity contribution in [3.05, 3.63) is 10.1 Å². The van der Waals surface area contributed by atoms with E-state index in [1.807, 2.05) is 0 Å². The Kier molecular flexibility index (Phi) is 11.9. The van der Waals surface area contributed by atoms with Crippen LogP contribution in [0.2, 0.25) is 0 Å². The lowest BCUT2D eigenvalue weighted by Crippen LogP contribution is -2.44. The van der Waals surface area contributed by atoms with Crippen LogP contribution in [0.5, 0.6) is 0 Å². The number of allylic oxidation sites excluding steroid dienone is 2. The summed E-state index contributed by atoms with van der Waals surface area (Å²) in [6, 6.07) is 0. The van der Waals surface area contributed by atoms with Gasteiger partial charge < -0.3 is 4.90 Å². The lowest BCUT2D eigenvalue weighted by molar-refractivity contribution is -0.131. The number of fused-ring (bicyclic) bond motifs is 6. The van der Waals surface area contributed by atoms with E-state index in [2.05, 4.69) is 11.8 Å². The molecule has 0 unspecified atom stereocenters. The number of carbonyl (C=O) groups is 1. The quantitative estimate of drug-likeness (QED) is 0.126. The summed E-state index contributed by atoms with van der Waals surface area (Å²) in [5.41, 5.74) is 0. The maximum Gasteiger partial charge on any atom is 0.222 e. The minimum atomic E-state index is -1.44. The molecule has 0 aromatic carbocycles. The topological polar surface area (TPSA) is 20.3 Å². The summed E-state index contributed by atoms with van der Waals surface area (Å²) >= 11 is 41.6. The van der Waals surface area contributed by atoms with Crippen molar-refractivity contribution in [2.24, 2.45) is 23.7 Å². The number of rotatable bonds is 15. The zero-order chi connectivity index (χ0) is 28.3. The van der Waals surface area contributed by atoms with Crippen molar-refractivity contribution in [1.82, 2.24) is 4.90 Å². The molecule has 2 heterocycles. The van der Waals surface area contributed by atoms with E-state index in [0.29, 0.717) is 22.4 Å². The number of alkyl halides is 4. The van der Waals surface area contributed by atoms with Gasteiger partial charge in [-0.3, -0.25) is 4.79 Å². The summed E-state index contributed by atoms with van der Waals surface area (Å²) in [5, 5.41) is 0.663. The van der Waals surface area contributed by atoms with E-state index in [1.165, 1.54) is 51.4 Å². The lowest BCUT2D eigenvalue weighted by atomic mass is 9.76. The predicted octanol–water partition coefficient (Wildman–Crippen LogP) is 11.2. The summed E-state index contributed by atoms with van der Waals surface area (Å²) in [7, 11) is 0. The number of hydrogen-bond acceptors (Lipinski definition) is 1. The first-order valence-corrected chi connectivity index (χ1v) is 17.9. The largest absolute Gasteiger partial charge is 0.342 e. The molecule has 0 aromatic rings. The Morgan fingerprint density at radius 2 is 1.10 bits per heavy atom. The van der Waals surface area contributed by atoms with Gasteiger partial charge in [-0.15, -0.1) is 23.2 Å². The molecule has 2 aliphatic heterocycles. The highest BCUT2D eigenvalue weighted by Crippen LogP contribution is 2.77. The maximum absolute atomic E-state index is 12.8. The standard InChI is InChI=1S/C31H47Cl6NO/c1-2-3-4-5-7-10-13-24-25(30(35)28(33)27(32)29(24,34)31(30,36)37)14-11-8-6-9-12-15-26(39)38-20-22-16-17-23(21-38)19-18-22/h22-25H,2-21H2,1H3/t22?,23?,24-,25-,29+,30+/m1/s1. The van der Waals surface area contributed by atoms with Crippen LogP contribution >= 0.6 is 69.6 Å². The molecule has 0 aromatic heterocycles. The van der Waals surface area contributed by atoms with Crippen LogP contribution in [-0.4, -0.2) is 38.0 Å². The highest BCUT2D eigenvalue weighted by molar-refractivity contribution is 6.65. The highest BCUT2D eigenvalue weighted by atomic mass is 35.5. The highest BCUT2D eigenvalue weighted by Gasteiger charge is 2.81. The molecule has 2 saturated heterocycles. The number of amides is 1. The zero-order valence-electron chi connectivity index (χ0n) is 23.6. The van der Waals surface area contributed by atoms with Crippen molar-refractivity contribution in [2.75, 3.05) is 13.1 Å². The van der Waals surface area contributed by atoms with E-state index in [9.17, 15) is 4.79 Å². The number of halogens is 6. The fraction of sp³-hybridized carbons (Fsp3) is 0.903. The van der Waals surface area contributed by atoms with Gasteiger partial charge in [-0.05, 0) is 68.6 Å². The Hall–Kier alpha value is 0.950. The van der Waals surface area contributed by atoms with E-state index in [-0.39, 0.29) is 11.8 Å². The van der Waals surface area contributed by atoms with Crippen molar-refractivity contribution < 1.29 is 4.79 Å². The summed E-state index contributed by atoms with van der Waals surface area (Å²) < 4.78 is -1.44. The van der Waals surface area contributed by atoms with E-state index in [4.69, 9.17) is 69.6 Å². The average molecular weight is 662 g/mol. The first kappa shape index (κ1) is 32.9. The third kappa shape index (κ3) is 6.43. The van der Waals surface area contributed by atoms with E-state index < -0.39 is 14.1 Å². The molecule has 5 aliphatic rings. The molecule has 3 aliphatic carbocycles. The number of hydrogen-bond donors (Lipinski definition) is 0. The molecule has 1 amide bonds. The van der Waals surface area contributed by atoms with Crippen LogP contribution in [0.15, 0.2) is 10.1 Å². The molecule has 0 spiro atoms. The Morgan fingerprint density at radius 1 is 0.692 bits per heavy atom. The normalized spacial score (nSPS) is 35.2. The van der Waals surface area contributed by atoms with Gasteiger partial charge in [0.25, 0.3) is 0 Å². The third-order valence-electron chi connectivity index (χ3n) is 10.3. The molecule has 0 radical (unpaired) electrons. The lowest BCUT2D eigenvalue weighted by Gasteiger charge is -2.37. The van der Waals surface area contributed by atoms with Crippen molar-refractivity contribution in [3.63, 3.8) is 0 Å². The van der Waals surface area contributed by atoms with Crippen molar-refractivity contribution in [1.29, 1.82) is 0 Å². The van der Waals surface area contributed by atoms with Crippen LogP contribution in [0, 0.1) is 23.7 Å². The summed E-state index contributed by atoms with van der Waals surface area (Å²) in [5.74, 6) is 1.81. The third-order valence-corrected chi connectivity index (χ3v) is 14.7. The van der Waals surface area contributed by atoms with Crippen molar-refractivity contribution >= 4 is 75.5 Å². The van der Waals surface area contributed by atoms with Gasteiger partial charge in [0.05, 0.1) is 10.1 Å². The second kappa shape index (κ2) is 14.2. The van der Waals surface area contributed by atoms with E-state index in [0.717, 1.165) is 82.7 Å². The van der Waals surface area contributed by atoms with Crippen molar-refractivity contribution in [3.8, 4) is 0 Å². The monoisotopic (exact) mass is 659 g/mol. The summed E-state index contributed by atoms with van der Waals surface area (Å²) in [6.45, 7) is 4.21. The molecule has 4 bridgehead atoms. The van der Waals surface area contributed by atoms with E-state index in [1.54, 1.807) is 0 Å². The van der Waals surface area contributed by atoms with Gasteiger partial charge in [0.15, 0.2) is 4.33 Å². The minimum Gasteiger partial charge on any atom is -0.342 e. The van der Waals surface area contributed by atoms with Gasteiger partial charge in [-0.25, -0.2) is 0 Å². The van der Waals surface area contributed by atoms with Gasteiger partial charge in [0.2, 0.25) is 5.91 Å². The molecule has 0 N–H and O–H groups in total. The van der Waals surface area contributed by atoms with Gasteiger partial charge in [0, 0.05) is 19.5 Å². The molecule has 4 atom stereocenters. The Bertz CT molecular complexity index is 857. The molecule has 5 rings (SSSR count). The van der Waals surface area contributed by atoms with Crippen molar-refractivity contribution in [2.45, 2.75) is 137 Å². The van der Waals surface area contributed by atoms with Crippen LogP contribution in [0.25, 0.3) is 0 Å². The Labute approximate surface area is 267 Å². The molecular weight excluding hydrogens is 615 g/mol. The molecule has 224 valence electrons. The predicted molar refractivity (Wildman–Crippen MR) is 170 cm³/mol. The van der Waals surface area contributed by atoms with Gasteiger partial charge in [0.1, 0.15) is 9.75 Å². The summed E-state index contributed by atoms with van der Waals surface area (Å²) in [6.07, 6.45) is 20.2. The minimum absolute atomic E-state index is 0.00520. The van der Waals surface area contributed by atoms with Crippen LogP contribution < -0.4 is 0 Å². The molecule has 2 saturated carbocycles. The Morgan fingerprint density at radius 3 is 1.56 bits per heavy atom. The van der Waals surface area contributed by atoms with Crippen LogP contribution in [0.3, 0.4) is 0 Å². The van der Waals surface area contributed by atoms with Crippen LogP contribution in [0.4, 0.5) is 0 Å². The number of unbranched alkanes of at least 4 members (excludes halogenated alkanes) is 9. The number of carbonyl (C=O) groups excluding carboxylic acids is 1. The first-order valence-electron chi connectivity index (χ1n) is 15.7. The molecule has 4 fully saturated rings. The van der Waals surface area contributed by atoms with Gasteiger partial charge in [-0.1, -0.05) is 118 Å². The van der Waals surface area contributed by atoms with Gasteiger partial charge >= 0.3 is 0 Å². The van der Waals surface area contributed by atoms with Gasteiger partial charge in [-0.2, -0.15) is 0 Å². The smallest absolute Gasteiger partial charge is 0.222 e. The summed E-state index contributed by atoms with van der Waals surface area (Å²) in [4.78, 5) is 12.7. The zero-order valence-corrected chi connectivity index (χ0v) is 28.1. The SMILES string of the molecule is CCCCCCCC[C@@H]1[C@@H](CCCCCCCC(=O)N2CC3CCC(CC3)C2)[C@]2(Cl)C(Cl)=C(Cl)[C@]1(Cl)C2(Cl)Cl. The van der Waals surface area contributed by atoms with Crippen LogP contribution in [-0.2, 0) is 4.79 Å². The first-order chi connectivity index (χ1) is 18.6. The van der Waals surface area contributed by atoms with E-state index >= 15 is 0 Å². The molecule has 2 nitrogen and oxygen atoms in total.